The van der Waals surface area contributed by atoms with Gasteiger partial charge in [0.05, 0.1) is 69.9 Å². The topological polar surface area (TPSA) is 313 Å². The van der Waals surface area contributed by atoms with E-state index in [1.807, 2.05) is 133 Å². The van der Waals surface area contributed by atoms with Gasteiger partial charge in [-0.3, -0.25) is 14.8 Å². The molecule has 10 heterocycles. The van der Waals surface area contributed by atoms with Crippen molar-refractivity contribution in [3.8, 4) is 56.3 Å². The molecule has 23 nitrogen and oxygen atoms in total. The van der Waals surface area contributed by atoms with Crippen molar-refractivity contribution in [3.63, 3.8) is 0 Å². The standard InChI is InChI=1S/C31H29N7O3.C26H19N5O4.C10H20N2O2/c1-16-26(17(2)41-38-16)22-14-24-21(15-25(22)40-3)27-28(20-10-13-33-23-7-5-4-6-19(20)23)36-30(37-29(27)35-24)31(39)34-18-8-11-32-12-9-18;1-12-21(13(2)35-31-12)17-10-19-16(11-20(17)34-3)22-23(29-25(26(32)33)30-24(22)28-19)15-8-9-27-18-7-5-4-6-14(15)18;1-10(2,3)14-9(13)12-6-4-8(11)5-7-12/h4-7,10,13-15,18,32H,8-9,11-12H2,1-3H3,(H,34,39)(H,35,36,37);4-11H,1-3H3,(H,32,33)(H,28,29,30);8H,4-7,11H2,1-3H3. The lowest BCUT2D eigenvalue weighted by atomic mass is 9.99. The molecule has 0 saturated carbocycles. The van der Waals surface area contributed by atoms with Gasteiger partial charge < -0.3 is 59.6 Å². The largest absolute Gasteiger partial charge is 0.496 e. The molecule has 0 aliphatic carbocycles. The number of amides is 2. The Kier molecular flexibility index (Phi) is 16.4. The number of nitrogens with two attached hydrogens (primary N) is 1. The summed E-state index contributed by atoms with van der Waals surface area (Å²) in [5.41, 5.74) is 17.3. The number of rotatable bonds is 9. The van der Waals surface area contributed by atoms with Gasteiger partial charge in [0.15, 0.2) is 0 Å². The fourth-order valence-electron chi connectivity index (χ4n) is 11.9. The number of ether oxygens (including phenoxy) is 3. The maximum Gasteiger partial charge on any atom is 0.410 e. The monoisotopic (exact) mass is 1210 g/mol. The molecule has 0 bridgehead atoms. The second-order valence-electron chi connectivity index (χ2n) is 23.4. The Balaban J connectivity index is 0.000000145. The van der Waals surface area contributed by atoms with Gasteiger partial charge in [0.25, 0.3) is 5.91 Å². The number of carbonyl (C=O) groups is 3. The number of aromatic carboxylic acids is 1. The quantitative estimate of drug-likeness (QED) is 0.0782. The van der Waals surface area contributed by atoms with Crippen molar-refractivity contribution >= 4 is 83.6 Å². The molecule has 4 aromatic carbocycles. The SMILES string of the molecule is CC(C)(C)OC(=O)N1CCC(N)CC1.COc1cc2c(cc1-c1c(C)noc1C)[nH]c1nc(C(=O)NC3CCNCC3)nc(-c3ccnc4ccccc34)c12.COc1cc2c(cc1-c1c(C)noc1C)[nH]c1nc(C(=O)O)nc(-c3ccnc4ccccc34)c12. The summed E-state index contributed by atoms with van der Waals surface area (Å²) in [5.74, 6) is 1.01. The first-order chi connectivity index (χ1) is 43.4. The highest BCUT2D eigenvalue weighted by Gasteiger charge is 2.29. The van der Waals surface area contributed by atoms with Gasteiger partial charge in [-0.05, 0) is 136 Å². The molecule has 7 N–H and O–H groups in total. The van der Waals surface area contributed by atoms with Crippen molar-refractivity contribution in [1.82, 2.24) is 65.7 Å². The van der Waals surface area contributed by atoms with Gasteiger partial charge in [-0.25, -0.2) is 29.5 Å². The second-order valence-corrected chi connectivity index (χ2v) is 23.4. The molecule has 2 aliphatic rings. The average Bonchev–Trinajstić information content (AvgIpc) is 1.65. The van der Waals surface area contributed by atoms with E-state index in [9.17, 15) is 19.5 Å². The third kappa shape index (κ3) is 11.8. The number of carboxylic acid groups (broad SMARTS) is 1. The van der Waals surface area contributed by atoms with Crippen LogP contribution in [0, 0.1) is 27.7 Å². The van der Waals surface area contributed by atoms with Gasteiger partial charge in [0.2, 0.25) is 11.6 Å². The summed E-state index contributed by atoms with van der Waals surface area (Å²) in [6.07, 6.45) is 6.73. The van der Waals surface area contributed by atoms with Crippen LogP contribution in [-0.2, 0) is 4.74 Å². The predicted molar refractivity (Wildman–Crippen MR) is 343 cm³/mol. The first-order valence-electron chi connectivity index (χ1n) is 29.7. The van der Waals surface area contributed by atoms with E-state index in [-0.39, 0.29) is 35.7 Å². The summed E-state index contributed by atoms with van der Waals surface area (Å²) in [6, 6.07) is 27.5. The number of nitrogens with one attached hydrogen (secondary N) is 4. The maximum absolute atomic E-state index is 13.5. The Morgan fingerprint density at radius 2 is 1.11 bits per heavy atom. The number of hydrogen-bond acceptors (Lipinski definition) is 18. The van der Waals surface area contributed by atoms with E-state index in [0.717, 1.165) is 146 Å². The Morgan fingerprint density at radius 3 is 1.57 bits per heavy atom. The van der Waals surface area contributed by atoms with Crippen LogP contribution in [0.2, 0.25) is 0 Å². The van der Waals surface area contributed by atoms with Crippen molar-refractivity contribution < 1.29 is 42.7 Å². The van der Waals surface area contributed by atoms with Crippen LogP contribution in [0.15, 0.2) is 106 Å². The first-order valence-corrected chi connectivity index (χ1v) is 29.7. The number of benzene rings is 4. The predicted octanol–water partition coefficient (Wildman–Crippen LogP) is 11.7. The summed E-state index contributed by atoms with van der Waals surface area (Å²) in [5, 5.41) is 29.4. The summed E-state index contributed by atoms with van der Waals surface area (Å²) in [4.78, 5) is 72.9. The molecule has 2 saturated heterocycles. The number of nitrogens with zero attached hydrogens (tertiary/aromatic N) is 9. The van der Waals surface area contributed by atoms with Crippen LogP contribution >= 0.6 is 0 Å². The van der Waals surface area contributed by atoms with Crippen LogP contribution in [-0.4, -0.2) is 136 Å². The third-order valence-corrected chi connectivity index (χ3v) is 16.2. The van der Waals surface area contributed by atoms with E-state index in [4.69, 9.17) is 39.0 Å². The van der Waals surface area contributed by atoms with Crippen LogP contribution in [0.5, 0.6) is 11.5 Å². The van der Waals surface area contributed by atoms with Crippen molar-refractivity contribution in [2.24, 2.45) is 5.73 Å². The van der Waals surface area contributed by atoms with Crippen LogP contribution in [0.4, 0.5) is 4.79 Å². The number of hydrogen-bond donors (Lipinski definition) is 6. The van der Waals surface area contributed by atoms with E-state index in [2.05, 4.69) is 50.9 Å². The van der Waals surface area contributed by atoms with Gasteiger partial charge in [0.1, 0.15) is 39.9 Å². The number of para-hydroxylation sites is 2. The fourth-order valence-corrected chi connectivity index (χ4v) is 11.9. The van der Waals surface area contributed by atoms with Crippen molar-refractivity contribution in [2.75, 3.05) is 40.4 Å². The number of pyridine rings is 2. The number of carboxylic acids is 1. The molecule has 0 radical (unpaired) electrons. The number of H-pyrrole nitrogens is 2. The van der Waals surface area contributed by atoms with Crippen molar-refractivity contribution in [2.45, 2.75) is 91.8 Å². The van der Waals surface area contributed by atoms with E-state index < -0.39 is 11.6 Å². The maximum atomic E-state index is 13.5. The Labute approximate surface area is 516 Å². The fraction of sp³-hybridized carbons (Fsp3) is 0.299. The number of aromatic nitrogens is 10. The minimum atomic E-state index is -1.21. The minimum absolute atomic E-state index is 0.0813. The molecule has 460 valence electrons. The minimum Gasteiger partial charge on any atom is -0.496 e. The Bertz CT molecular complexity index is 4690. The molecule has 0 spiro atoms. The number of piperidine rings is 2. The molecule has 12 aromatic rings. The molecule has 0 atom stereocenters. The second kappa shape index (κ2) is 24.6. The zero-order valence-electron chi connectivity index (χ0n) is 51.4. The molecular weight excluding hydrogens is 1140 g/mol. The van der Waals surface area contributed by atoms with E-state index >= 15 is 0 Å². The highest BCUT2D eigenvalue weighted by Crippen LogP contribution is 2.44. The summed E-state index contributed by atoms with van der Waals surface area (Å²) < 4.78 is 27.7. The van der Waals surface area contributed by atoms with Crippen LogP contribution in [0.1, 0.15) is 90.6 Å². The molecule has 23 heteroatoms. The van der Waals surface area contributed by atoms with Crippen molar-refractivity contribution in [1.29, 1.82) is 0 Å². The van der Waals surface area contributed by atoms with Gasteiger partial charge >= 0.3 is 12.1 Å². The lowest BCUT2D eigenvalue weighted by Gasteiger charge is -2.32. The van der Waals surface area contributed by atoms with Gasteiger partial charge in [-0.15, -0.1) is 0 Å². The highest BCUT2D eigenvalue weighted by molar-refractivity contribution is 6.18. The van der Waals surface area contributed by atoms with Crippen LogP contribution < -0.4 is 25.8 Å². The highest BCUT2D eigenvalue weighted by atomic mass is 16.6. The smallest absolute Gasteiger partial charge is 0.410 e. The molecular formula is C67H68N14O9. The molecule has 0 unspecified atom stereocenters. The summed E-state index contributed by atoms with van der Waals surface area (Å²) in [6.45, 7) is 16.3. The Morgan fingerprint density at radius 1 is 0.633 bits per heavy atom. The van der Waals surface area contributed by atoms with Gasteiger partial charge in [-0.1, -0.05) is 46.7 Å². The zero-order valence-corrected chi connectivity index (χ0v) is 51.4. The lowest BCUT2D eigenvalue weighted by Crippen LogP contribution is -2.44. The molecule has 8 aromatic heterocycles. The van der Waals surface area contributed by atoms with Crippen LogP contribution in [0.3, 0.4) is 0 Å². The normalized spacial score (nSPS) is 14.0. The molecule has 2 aliphatic heterocycles. The van der Waals surface area contributed by atoms with Crippen molar-refractivity contribution in [3.05, 3.63) is 132 Å². The number of carbonyl (C=O) groups excluding carboxylic acids is 2. The average molecular weight is 1210 g/mol. The van der Waals surface area contributed by atoms with Gasteiger partial charge in [0, 0.05) is 92.4 Å². The number of aromatic amines is 2. The summed E-state index contributed by atoms with van der Waals surface area (Å²) in [7, 11) is 3.25. The lowest BCUT2D eigenvalue weighted by molar-refractivity contribution is 0.0206. The molecule has 90 heavy (non-hydrogen) atoms. The molecule has 2 amide bonds. The molecule has 14 rings (SSSR count). The number of aryl methyl sites for hydroxylation is 4. The van der Waals surface area contributed by atoms with Gasteiger partial charge in [-0.2, -0.15) is 0 Å². The number of likely N-dealkylation sites (tertiary alicyclic amines) is 1. The van der Waals surface area contributed by atoms with E-state index in [1.54, 1.807) is 31.5 Å². The zero-order chi connectivity index (χ0) is 63.1. The number of fused-ring (bicyclic) bond motifs is 8. The van der Waals surface area contributed by atoms with E-state index in [1.165, 1.54) is 0 Å². The third-order valence-electron chi connectivity index (χ3n) is 16.2. The summed E-state index contributed by atoms with van der Waals surface area (Å²) >= 11 is 0. The van der Waals surface area contributed by atoms with Crippen LogP contribution in [0.25, 0.3) is 110 Å². The number of methoxy groups -OCH3 is 2. The van der Waals surface area contributed by atoms with E-state index in [0.29, 0.717) is 51.1 Å². The Hall–Kier alpha value is -10.4. The molecule has 2 fully saturated rings. The first kappa shape index (κ1) is 59.9.